The Morgan fingerprint density at radius 1 is 1.23 bits per heavy atom. The van der Waals surface area contributed by atoms with Crippen LogP contribution in [-0.2, 0) is 11.4 Å². The Kier molecular flexibility index (Phi) is 5.50. The van der Waals surface area contributed by atoms with Crippen LogP contribution in [0.3, 0.4) is 0 Å². The smallest absolute Gasteiger partial charge is 0.283 e. The molecule has 2 heterocycles. The molecule has 0 aromatic heterocycles. The first kappa shape index (κ1) is 20.0. The van der Waals surface area contributed by atoms with Gasteiger partial charge in [0.2, 0.25) is 5.17 Å². The first-order chi connectivity index (χ1) is 14.4. The quantitative estimate of drug-likeness (QED) is 0.710. The minimum Gasteiger partial charge on any atom is -0.489 e. The van der Waals surface area contributed by atoms with Crippen molar-refractivity contribution in [3.63, 3.8) is 0 Å². The summed E-state index contributed by atoms with van der Waals surface area (Å²) in [5.74, 6) is 0.0412. The normalized spacial score (nSPS) is 17.3. The third-order valence-electron chi connectivity index (χ3n) is 4.45. The van der Waals surface area contributed by atoms with E-state index in [0.29, 0.717) is 23.1 Å². The number of ether oxygens (including phenoxy) is 1. The highest BCUT2D eigenvalue weighted by Gasteiger charge is 2.36. The fourth-order valence-corrected chi connectivity index (χ4v) is 3.74. The minimum atomic E-state index is -0.461. The van der Waals surface area contributed by atoms with Crippen molar-refractivity contribution in [3.8, 4) is 5.75 Å². The van der Waals surface area contributed by atoms with Crippen molar-refractivity contribution < 1.29 is 13.9 Å². The Morgan fingerprint density at radius 3 is 2.73 bits per heavy atom. The minimum absolute atomic E-state index is 0.00536. The third-order valence-corrected chi connectivity index (χ3v) is 5.66. The summed E-state index contributed by atoms with van der Waals surface area (Å²) in [6.07, 6.45) is 1.61. The molecule has 0 saturated carbocycles. The number of carbonyl (C=O) groups is 1. The zero-order valence-corrected chi connectivity index (χ0v) is 17.2. The summed E-state index contributed by atoms with van der Waals surface area (Å²) in [5.41, 5.74) is 1.72. The Hall–Kier alpha value is -3.26. The van der Waals surface area contributed by atoms with E-state index in [4.69, 9.17) is 10.1 Å². The first-order valence-electron chi connectivity index (χ1n) is 9.38. The van der Waals surface area contributed by atoms with Gasteiger partial charge >= 0.3 is 0 Å². The molecule has 2 aliphatic heterocycles. The molecular weight excluding hydrogens is 403 g/mol. The summed E-state index contributed by atoms with van der Waals surface area (Å²) in [5, 5.41) is 15.5. The zero-order chi connectivity index (χ0) is 21.3. The second kappa shape index (κ2) is 8.23. The molecule has 0 unspecified atom stereocenters. The number of hydrogen-bond acceptors (Lipinski definition) is 5. The van der Waals surface area contributed by atoms with Crippen LogP contribution >= 0.6 is 11.8 Å². The summed E-state index contributed by atoms with van der Waals surface area (Å²) in [6.45, 7) is 4.30. The van der Waals surface area contributed by atoms with Gasteiger partial charge in [-0.05, 0) is 53.2 Å². The average Bonchev–Trinajstić information content (AvgIpc) is 3.16. The molecule has 1 amide bonds. The van der Waals surface area contributed by atoms with Crippen LogP contribution in [0.1, 0.15) is 25.0 Å². The lowest BCUT2D eigenvalue weighted by Gasteiger charge is -2.20. The van der Waals surface area contributed by atoms with Crippen LogP contribution in [0.2, 0.25) is 0 Å². The van der Waals surface area contributed by atoms with Crippen molar-refractivity contribution in [2.75, 3.05) is 0 Å². The van der Waals surface area contributed by atoms with Crippen molar-refractivity contribution >= 4 is 39.8 Å². The van der Waals surface area contributed by atoms with E-state index in [0.717, 1.165) is 10.6 Å². The summed E-state index contributed by atoms with van der Waals surface area (Å²) < 4.78 is 18.8. The molecule has 0 atom stereocenters. The SMILES string of the molecule is CC(C)C1=NN2C(=N)C(=Cc3cccc(OCc4ccc(F)cc4)c3)C(=O)N=C2S1. The Labute approximate surface area is 177 Å². The van der Waals surface area contributed by atoms with E-state index in [2.05, 4.69) is 10.1 Å². The second-order valence-electron chi connectivity index (χ2n) is 7.10. The molecule has 1 N–H and O–H groups in total. The largest absolute Gasteiger partial charge is 0.489 e. The fraction of sp³-hybridized carbons (Fsp3) is 0.182. The monoisotopic (exact) mass is 422 g/mol. The predicted octanol–water partition coefficient (Wildman–Crippen LogP) is 4.68. The van der Waals surface area contributed by atoms with E-state index in [1.54, 1.807) is 36.4 Å². The first-order valence-corrected chi connectivity index (χ1v) is 10.2. The van der Waals surface area contributed by atoms with Gasteiger partial charge in [-0.15, -0.1) is 0 Å². The van der Waals surface area contributed by atoms with Crippen LogP contribution in [0, 0.1) is 17.1 Å². The highest BCUT2D eigenvalue weighted by atomic mass is 32.2. The van der Waals surface area contributed by atoms with Gasteiger partial charge in [-0.3, -0.25) is 10.2 Å². The van der Waals surface area contributed by atoms with Crippen LogP contribution in [-0.4, -0.2) is 27.0 Å². The molecule has 2 aromatic rings. The number of carbonyl (C=O) groups excluding carboxylic acids is 1. The number of fused-ring (bicyclic) bond motifs is 1. The number of nitrogens with one attached hydrogen (secondary N) is 1. The number of nitrogens with zero attached hydrogens (tertiary/aromatic N) is 3. The molecule has 0 aliphatic carbocycles. The van der Waals surface area contributed by atoms with Crippen LogP contribution in [0.4, 0.5) is 4.39 Å². The fourth-order valence-electron chi connectivity index (χ4n) is 2.85. The molecule has 4 rings (SSSR count). The number of thioether (sulfide) groups is 1. The molecule has 0 bridgehead atoms. The summed E-state index contributed by atoms with van der Waals surface area (Å²) >= 11 is 1.32. The summed E-state index contributed by atoms with van der Waals surface area (Å²) in [6, 6.07) is 13.3. The predicted molar refractivity (Wildman–Crippen MR) is 117 cm³/mol. The molecule has 0 saturated heterocycles. The molecule has 2 aliphatic rings. The third kappa shape index (κ3) is 4.18. The van der Waals surface area contributed by atoms with Gasteiger partial charge in [0.1, 0.15) is 23.2 Å². The summed E-state index contributed by atoms with van der Waals surface area (Å²) in [4.78, 5) is 16.6. The van der Waals surface area contributed by atoms with E-state index >= 15 is 0 Å². The van der Waals surface area contributed by atoms with Gasteiger partial charge in [-0.25, -0.2) is 4.39 Å². The highest BCUT2D eigenvalue weighted by Crippen LogP contribution is 2.31. The van der Waals surface area contributed by atoms with Crippen LogP contribution in [0.5, 0.6) is 5.75 Å². The van der Waals surface area contributed by atoms with Gasteiger partial charge < -0.3 is 4.74 Å². The van der Waals surface area contributed by atoms with Gasteiger partial charge in [0, 0.05) is 5.92 Å². The average molecular weight is 422 g/mol. The lowest BCUT2D eigenvalue weighted by atomic mass is 10.1. The Bertz CT molecular complexity index is 1110. The van der Waals surface area contributed by atoms with Gasteiger partial charge in [0.05, 0.1) is 5.57 Å². The van der Waals surface area contributed by atoms with E-state index < -0.39 is 5.91 Å². The van der Waals surface area contributed by atoms with E-state index in [1.807, 2.05) is 19.9 Å². The van der Waals surface area contributed by atoms with Crippen LogP contribution in [0.15, 0.2) is 64.2 Å². The van der Waals surface area contributed by atoms with Crippen molar-refractivity contribution in [2.24, 2.45) is 16.0 Å². The number of amidine groups is 2. The van der Waals surface area contributed by atoms with E-state index in [-0.39, 0.29) is 23.1 Å². The number of amides is 1. The Morgan fingerprint density at radius 2 is 2.00 bits per heavy atom. The Balaban J connectivity index is 1.53. The van der Waals surface area contributed by atoms with Gasteiger partial charge in [-0.1, -0.05) is 38.1 Å². The molecule has 30 heavy (non-hydrogen) atoms. The number of benzene rings is 2. The molecule has 8 heteroatoms. The number of hydrazone groups is 1. The van der Waals surface area contributed by atoms with Crippen molar-refractivity contribution in [3.05, 3.63) is 71.0 Å². The second-order valence-corrected chi connectivity index (χ2v) is 8.09. The lowest BCUT2D eigenvalue weighted by Crippen LogP contribution is -2.35. The maximum Gasteiger partial charge on any atom is 0.283 e. The molecular formula is C22H19FN4O2S. The molecule has 6 nitrogen and oxygen atoms in total. The summed E-state index contributed by atoms with van der Waals surface area (Å²) in [7, 11) is 0. The van der Waals surface area contributed by atoms with Gasteiger partial charge in [0.15, 0.2) is 5.84 Å². The van der Waals surface area contributed by atoms with E-state index in [1.165, 1.54) is 28.9 Å². The number of aliphatic imine (C=N–C) groups is 1. The van der Waals surface area contributed by atoms with Crippen LogP contribution in [0.25, 0.3) is 6.08 Å². The maximum atomic E-state index is 13.0. The highest BCUT2D eigenvalue weighted by molar-refractivity contribution is 8.27. The van der Waals surface area contributed by atoms with Crippen molar-refractivity contribution in [2.45, 2.75) is 20.5 Å². The van der Waals surface area contributed by atoms with Gasteiger partial charge in [0.25, 0.3) is 5.91 Å². The van der Waals surface area contributed by atoms with Crippen molar-refractivity contribution in [1.29, 1.82) is 5.41 Å². The standard InChI is InChI=1S/C22H19FN4O2S/c1-13(2)21-26-27-19(24)18(20(28)25-22(27)30-21)11-15-4-3-5-17(10-15)29-12-14-6-8-16(23)9-7-14/h3-11,13,24H,12H2,1-2H3. The maximum absolute atomic E-state index is 13.0. The zero-order valence-electron chi connectivity index (χ0n) is 16.4. The van der Waals surface area contributed by atoms with Crippen LogP contribution < -0.4 is 4.74 Å². The number of hydrogen-bond donors (Lipinski definition) is 1. The number of rotatable bonds is 5. The lowest BCUT2D eigenvalue weighted by molar-refractivity contribution is -0.114. The number of halogens is 1. The van der Waals surface area contributed by atoms with Crippen molar-refractivity contribution in [1.82, 2.24) is 5.01 Å². The topological polar surface area (TPSA) is 78.1 Å². The van der Waals surface area contributed by atoms with E-state index in [9.17, 15) is 9.18 Å². The molecule has 0 fully saturated rings. The molecule has 152 valence electrons. The molecule has 2 aromatic carbocycles. The molecule has 0 radical (unpaired) electrons. The molecule has 0 spiro atoms. The van der Waals surface area contributed by atoms with Gasteiger partial charge in [-0.2, -0.15) is 15.1 Å².